The van der Waals surface area contributed by atoms with E-state index in [2.05, 4.69) is 20.2 Å². The zero-order valence-corrected chi connectivity index (χ0v) is 18.9. The molecule has 33 heavy (non-hydrogen) atoms. The van der Waals surface area contributed by atoms with Crippen LogP contribution in [0.2, 0.25) is 0 Å². The van der Waals surface area contributed by atoms with Crippen LogP contribution in [-0.4, -0.2) is 39.2 Å². The molecule has 5 aliphatic rings. The Morgan fingerprint density at radius 2 is 1.82 bits per heavy atom. The SMILES string of the molecule is OC(CNc1ncnc2c1CCN(Cc1ccc(F)cc1F)C2)C12CC3CC(CC(C3)C1)C2. The summed E-state index contributed by atoms with van der Waals surface area (Å²) in [4.78, 5) is 11.1. The normalized spacial score (nSPS) is 31.4. The van der Waals surface area contributed by atoms with Crippen molar-refractivity contribution in [1.82, 2.24) is 14.9 Å². The summed E-state index contributed by atoms with van der Waals surface area (Å²) in [5, 5.41) is 14.7. The highest BCUT2D eigenvalue weighted by Gasteiger charge is 2.53. The van der Waals surface area contributed by atoms with Crippen LogP contribution < -0.4 is 5.32 Å². The molecule has 0 spiro atoms. The molecule has 7 heteroatoms. The Balaban J connectivity index is 1.12. The summed E-state index contributed by atoms with van der Waals surface area (Å²) in [6.45, 7) is 2.30. The fourth-order valence-corrected chi connectivity index (χ4v) is 7.58. The molecule has 2 aromatic rings. The molecule has 0 amide bonds. The molecule has 0 radical (unpaired) electrons. The lowest BCUT2D eigenvalue weighted by atomic mass is 9.48. The van der Waals surface area contributed by atoms with E-state index in [9.17, 15) is 13.9 Å². The molecule has 2 N–H and O–H groups in total. The maximum absolute atomic E-state index is 14.1. The van der Waals surface area contributed by atoms with Crippen LogP contribution >= 0.6 is 0 Å². The van der Waals surface area contributed by atoms with Crippen molar-refractivity contribution in [3.05, 3.63) is 53.0 Å². The summed E-state index contributed by atoms with van der Waals surface area (Å²) < 4.78 is 27.3. The average molecular weight is 455 g/mol. The molecule has 1 atom stereocenters. The second-order valence-corrected chi connectivity index (χ2v) is 11.0. The Kier molecular flexibility index (Phi) is 5.37. The van der Waals surface area contributed by atoms with Gasteiger partial charge in [-0.25, -0.2) is 18.7 Å². The van der Waals surface area contributed by atoms with Crippen molar-refractivity contribution in [2.24, 2.45) is 23.2 Å². The molecule has 176 valence electrons. The molecule has 0 saturated heterocycles. The van der Waals surface area contributed by atoms with Crippen molar-refractivity contribution in [2.45, 2.75) is 64.1 Å². The summed E-state index contributed by atoms with van der Waals surface area (Å²) in [5.41, 5.74) is 2.60. The van der Waals surface area contributed by atoms with E-state index < -0.39 is 11.6 Å². The predicted octanol–water partition coefficient (Wildman–Crippen LogP) is 4.30. The van der Waals surface area contributed by atoms with E-state index in [1.807, 2.05) is 0 Å². The van der Waals surface area contributed by atoms with Gasteiger partial charge in [0.1, 0.15) is 23.8 Å². The largest absolute Gasteiger partial charge is 0.391 e. The van der Waals surface area contributed by atoms with Gasteiger partial charge < -0.3 is 10.4 Å². The van der Waals surface area contributed by atoms with Crippen molar-refractivity contribution in [3.8, 4) is 0 Å². The molecule has 1 unspecified atom stereocenters. The van der Waals surface area contributed by atoms with Crippen LogP contribution in [0.1, 0.15) is 55.3 Å². The van der Waals surface area contributed by atoms with Gasteiger partial charge in [0.25, 0.3) is 0 Å². The summed E-state index contributed by atoms with van der Waals surface area (Å²) in [7, 11) is 0. The lowest BCUT2D eigenvalue weighted by Crippen LogP contribution is -2.53. The van der Waals surface area contributed by atoms with Gasteiger partial charge in [-0.05, 0) is 74.2 Å². The summed E-state index contributed by atoms with van der Waals surface area (Å²) in [6.07, 6.45) is 9.63. The van der Waals surface area contributed by atoms with Gasteiger partial charge in [0.05, 0.1) is 11.8 Å². The van der Waals surface area contributed by atoms with Gasteiger partial charge in [-0.3, -0.25) is 4.90 Å². The molecular formula is C26H32F2N4O. The van der Waals surface area contributed by atoms with Crippen molar-refractivity contribution < 1.29 is 13.9 Å². The third-order valence-corrected chi connectivity index (χ3v) is 8.75. The van der Waals surface area contributed by atoms with Crippen molar-refractivity contribution in [2.75, 3.05) is 18.4 Å². The van der Waals surface area contributed by atoms with E-state index in [1.165, 1.54) is 50.7 Å². The number of hydrogen-bond donors (Lipinski definition) is 2. The van der Waals surface area contributed by atoms with E-state index in [1.54, 1.807) is 6.33 Å². The van der Waals surface area contributed by atoms with Gasteiger partial charge in [-0.1, -0.05) is 6.07 Å². The average Bonchev–Trinajstić information content (AvgIpc) is 2.78. The van der Waals surface area contributed by atoms with E-state index in [4.69, 9.17) is 0 Å². The maximum atomic E-state index is 14.1. The van der Waals surface area contributed by atoms with Crippen LogP contribution in [0.5, 0.6) is 0 Å². The number of aliphatic hydroxyl groups excluding tert-OH is 1. The number of hydrogen-bond acceptors (Lipinski definition) is 5. The molecule has 1 aromatic carbocycles. The molecule has 4 aliphatic carbocycles. The Hall–Kier alpha value is -2.12. The minimum atomic E-state index is -0.556. The van der Waals surface area contributed by atoms with Crippen LogP contribution in [0.4, 0.5) is 14.6 Å². The standard InChI is InChI=1S/C26H32F2N4O/c27-20-2-1-19(22(28)8-20)13-32-4-3-21-23(14-32)30-15-31-25(21)29-12-24(33)26-9-16-5-17(10-26)7-18(6-16)11-26/h1-2,8,15-18,24,33H,3-7,9-14H2,(H,29,30,31). The smallest absolute Gasteiger partial charge is 0.133 e. The number of halogens is 2. The van der Waals surface area contributed by atoms with Gasteiger partial charge in [-0.15, -0.1) is 0 Å². The van der Waals surface area contributed by atoms with E-state index >= 15 is 0 Å². The van der Waals surface area contributed by atoms with Crippen LogP contribution in [0.15, 0.2) is 24.5 Å². The van der Waals surface area contributed by atoms with E-state index in [-0.39, 0.29) is 11.5 Å². The van der Waals surface area contributed by atoms with E-state index in [0.29, 0.717) is 25.2 Å². The fraction of sp³-hybridized carbons (Fsp3) is 0.615. The summed E-state index contributed by atoms with van der Waals surface area (Å²) in [5.74, 6) is 2.19. The van der Waals surface area contributed by atoms with Gasteiger partial charge in [0.15, 0.2) is 0 Å². The predicted molar refractivity (Wildman–Crippen MR) is 121 cm³/mol. The zero-order chi connectivity index (χ0) is 22.6. The Morgan fingerprint density at radius 1 is 1.09 bits per heavy atom. The highest BCUT2D eigenvalue weighted by Crippen LogP contribution is 2.61. The Morgan fingerprint density at radius 3 is 2.52 bits per heavy atom. The zero-order valence-electron chi connectivity index (χ0n) is 18.9. The van der Waals surface area contributed by atoms with Crippen LogP contribution in [0.25, 0.3) is 0 Å². The van der Waals surface area contributed by atoms with Gasteiger partial charge in [0, 0.05) is 43.4 Å². The monoisotopic (exact) mass is 454 g/mol. The van der Waals surface area contributed by atoms with Crippen molar-refractivity contribution >= 4 is 5.82 Å². The van der Waals surface area contributed by atoms with Crippen LogP contribution in [0, 0.1) is 34.8 Å². The molecule has 4 fully saturated rings. The molecule has 4 bridgehead atoms. The number of nitrogens with zero attached hydrogens (tertiary/aromatic N) is 3. The molecule has 7 rings (SSSR count). The quantitative estimate of drug-likeness (QED) is 0.682. The topological polar surface area (TPSA) is 61.3 Å². The fourth-order valence-electron chi connectivity index (χ4n) is 7.58. The van der Waals surface area contributed by atoms with Gasteiger partial charge in [-0.2, -0.15) is 0 Å². The lowest BCUT2D eigenvalue weighted by Gasteiger charge is -2.58. The molecule has 1 aromatic heterocycles. The number of anilines is 1. The van der Waals surface area contributed by atoms with Gasteiger partial charge in [0.2, 0.25) is 0 Å². The first-order chi connectivity index (χ1) is 16.0. The Labute approximate surface area is 193 Å². The number of aliphatic hydroxyl groups is 1. The molecule has 1 aliphatic heterocycles. The minimum Gasteiger partial charge on any atom is -0.391 e. The number of rotatable bonds is 6. The number of nitrogens with one attached hydrogen (secondary N) is 1. The van der Waals surface area contributed by atoms with E-state index in [0.717, 1.165) is 53.9 Å². The summed E-state index contributed by atoms with van der Waals surface area (Å²) >= 11 is 0. The first kappa shape index (κ1) is 21.4. The Bertz CT molecular complexity index is 1010. The molecule has 4 saturated carbocycles. The number of benzene rings is 1. The highest BCUT2D eigenvalue weighted by atomic mass is 19.1. The van der Waals surface area contributed by atoms with Crippen molar-refractivity contribution in [1.29, 1.82) is 0 Å². The third kappa shape index (κ3) is 4.03. The molecule has 5 nitrogen and oxygen atoms in total. The maximum Gasteiger partial charge on any atom is 0.133 e. The minimum absolute atomic E-state index is 0.0882. The van der Waals surface area contributed by atoms with Crippen LogP contribution in [0.3, 0.4) is 0 Å². The number of fused-ring (bicyclic) bond motifs is 1. The highest BCUT2D eigenvalue weighted by molar-refractivity contribution is 5.47. The third-order valence-electron chi connectivity index (χ3n) is 8.75. The lowest BCUT2D eigenvalue weighted by molar-refractivity contribution is -0.115. The second-order valence-electron chi connectivity index (χ2n) is 11.0. The first-order valence-corrected chi connectivity index (χ1v) is 12.4. The summed E-state index contributed by atoms with van der Waals surface area (Å²) in [6, 6.07) is 3.75. The molecule has 2 heterocycles. The molecular weight excluding hydrogens is 422 g/mol. The van der Waals surface area contributed by atoms with Crippen LogP contribution in [-0.2, 0) is 19.5 Å². The second kappa shape index (κ2) is 8.27. The number of aromatic nitrogens is 2. The van der Waals surface area contributed by atoms with Gasteiger partial charge >= 0.3 is 0 Å². The first-order valence-electron chi connectivity index (χ1n) is 12.4. The van der Waals surface area contributed by atoms with Crippen molar-refractivity contribution in [3.63, 3.8) is 0 Å².